The van der Waals surface area contributed by atoms with Gasteiger partial charge in [-0.1, -0.05) is 40.2 Å². The zero-order chi connectivity index (χ0) is 17.2. The Morgan fingerprint density at radius 2 is 2.00 bits per heavy atom. The summed E-state index contributed by atoms with van der Waals surface area (Å²) in [6.45, 7) is 9.73. The molecular weight excluding hydrogens is 469 g/mol. The van der Waals surface area contributed by atoms with E-state index in [4.69, 9.17) is 4.74 Å². The molecule has 0 aliphatic rings. The van der Waals surface area contributed by atoms with Gasteiger partial charge in [-0.3, -0.25) is 4.90 Å². The maximum absolute atomic E-state index is 12.5. The number of amides is 1. The first-order chi connectivity index (χ1) is 10.7. The van der Waals surface area contributed by atoms with Gasteiger partial charge < -0.3 is 4.74 Å². The summed E-state index contributed by atoms with van der Waals surface area (Å²) in [5, 5.41) is 2.21. The number of halogens is 2. The Morgan fingerprint density at radius 3 is 2.61 bits per heavy atom. The van der Waals surface area contributed by atoms with Crippen LogP contribution in [0.5, 0.6) is 0 Å². The number of carbonyl (C=O) groups is 1. The highest BCUT2D eigenvalue weighted by atomic mass is 127. The lowest BCUT2D eigenvalue weighted by molar-refractivity contribution is 0.0584. The molecule has 23 heavy (non-hydrogen) atoms. The molecule has 2 rings (SSSR count). The molecule has 0 radical (unpaired) electrons. The molecule has 0 saturated heterocycles. The zero-order valence-electron chi connectivity index (χ0n) is 13.4. The Bertz CT molecular complexity index is 753. The van der Waals surface area contributed by atoms with Crippen molar-refractivity contribution in [2.24, 2.45) is 0 Å². The summed E-state index contributed by atoms with van der Waals surface area (Å²) in [6.07, 6.45) is 1.33. The van der Waals surface area contributed by atoms with Crippen LogP contribution in [0.1, 0.15) is 20.8 Å². The van der Waals surface area contributed by atoms with Crippen LogP contribution in [0, 0.1) is 3.57 Å². The summed E-state index contributed by atoms with van der Waals surface area (Å²) in [6, 6.07) is 10.0. The van der Waals surface area contributed by atoms with E-state index < -0.39 is 5.60 Å². The van der Waals surface area contributed by atoms with Gasteiger partial charge in [0, 0.05) is 14.6 Å². The molecule has 122 valence electrons. The number of nitrogens with zero attached hydrogens (tertiary/aromatic N) is 1. The fourth-order valence-corrected chi connectivity index (χ4v) is 3.64. The lowest BCUT2D eigenvalue weighted by atomic mass is 10.1. The maximum Gasteiger partial charge on any atom is 0.415 e. The molecule has 0 unspecified atom stereocenters. The van der Waals surface area contributed by atoms with Crippen LogP contribution in [-0.4, -0.2) is 18.2 Å². The summed E-state index contributed by atoms with van der Waals surface area (Å²) in [7, 11) is 0. The Balaban J connectivity index is 2.51. The largest absolute Gasteiger partial charge is 0.443 e. The Hall–Kier alpha value is -1.08. The van der Waals surface area contributed by atoms with E-state index >= 15 is 0 Å². The SMILES string of the molecule is C=CCN(C(=O)OC(C)(C)C)c1ccc2c(Br)cccc2c1I. The van der Waals surface area contributed by atoms with Crippen LogP contribution in [0.25, 0.3) is 10.8 Å². The van der Waals surface area contributed by atoms with Gasteiger partial charge in [0.2, 0.25) is 0 Å². The van der Waals surface area contributed by atoms with Crippen LogP contribution in [-0.2, 0) is 4.74 Å². The highest BCUT2D eigenvalue weighted by molar-refractivity contribution is 14.1. The van der Waals surface area contributed by atoms with E-state index in [1.807, 2.05) is 51.1 Å². The normalized spacial score (nSPS) is 11.3. The van der Waals surface area contributed by atoms with Crippen LogP contribution in [0.4, 0.5) is 10.5 Å². The standard InChI is InChI=1S/C18H19BrINO2/c1-5-11-21(17(22)23-18(2,3)4)15-10-9-12-13(16(15)20)7-6-8-14(12)19/h5-10H,1,11H2,2-4H3. The van der Waals surface area contributed by atoms with Gasteiger partial charge in [-0.15, -0.1) is 6.58 Å². The first kappa shape index (κ1) is 18.3. The average Bonchev–Trinajstić information content (AvgIpc) is 2.45. The van der Waals surface area contributed by atoms with Crippen LogP contribution in [0.2, 0.25) is 0 Å². The molecule has 3 nitrogen and oxygen atoms in total. The molecule has 0 N–H and O–H groups in total. The Labute approximate surface area is 159 Å². The van der Waals surface area contributed by atoms with Crippen molar-refractivity contribution in [1.29, 1.82) is 0 Å². The second-order valence-corrected chi connectivity index (χ2v) is 8.05. The average molecular weight is 488 g/mol. The molecular formula is C18H19BrINO2. The van der Waals surface area contributed by atoms with Crippen LogP contribution >= 0.6 is 38.5 Å². The third-order valence-corrected chi connectivity index (χ3v) is 4.96. The quantitative estimate of drug-likeness (QED) is 0.384. The van der Waals surface area contributed by atoms with Crippen LogP contribution in [0.3, 0.4) is 0 Å². The molecule has 0 heterocycles. The highest BCUT2D eigenvalue weighted by Gasteiger charge is 2.24. The topological polar surface area (TPSA) is 29.5 Å². The van der Waals surface area contributed by atoms with E-state index in [1.54, 1.807) is 11.0 Å². The minimum atomic E-state index is -0.540. The molecule has 0 aliphatic heterocycles. The summed E-state index contributed by atoms with van der Waals surface area (Å²) in [5.74, 6) is 0. The van der Waals surface area contributed by atoms with Gasteiger partial charge in [0.05, 0.1) is 5.69 Å². The van der Waals surface area contributed by atoms with Gasteiger partial charge in [0.1, 0.15) is 5.60 Å². The van der Waals surface area contributed by atoms with Crippen molar-refractivity contribution in [3.63, 3.8) is 0 Å². The van der Waals surface area contributed by atoms with Gasteiger partial charge in [-0.25, -0.2) is 4.79 Å². The lowest BCUT2D eigenvalue weighted by Gasteiger charge is -2.27. The molecule has 0 saturated carbocycles. The minimum Gasteiger partial charge on any atom is -0.443 e. The molecule has 0 atom stereocenters. The lowest BCUT2D eigenvalue weighted by Crippen LogP contribution is -2.37. The third kappa shape index (κ3) is 4.26. The predicted octanol–water partition coefficient (Wildman–Crippen LogP) is 6.13. The van der Waals surface area contributed by atoms with E-state index in [0.717, 1.165) is 24.5 Å². The molecule has 0 bridgehead atoms. The van der Waals surface area contributed by atoms with Gasteiger partial charge >= 0.3 is 6.09 Å². The molecule has 2 aromatic carbocycles. The second-order valence-electron chi connectivity index (χ2n) is 6.11. The van der Waals surface area contributed by atoms with Crippen molar-refractivity contribution in [1.82, 2.24) is 0 Å². The second kappa shape index (κ2) is 7.21. The van der Waals surface area contributed by atoms with E-state index in [1.165, 1.54) is 0 Å². The highest BCUT2D eigenvalue weighted by Crippen LogP contribution is 2.34. The van der Waals surface area contributed by atoms with Crippen molar-refractivity contribution in [2.45, 2.75) is 26.4 Å². The van der Waals surface area contributed by atoms with Gasteiger partial charge in [0.25, 0.3) is 0 Å². The van der Waals surface area contributed by atoms with Crippen molar-refractivity contribution in [3.8, 4) is 0 Å². The van der Waals surface area contributed by atoms with E-state index in [9.17, 15) is 4.79 Å². The maximum atomic E-state index is 12.5. The first-order valence-corrected chi connectivity index (χ1v) is 9.10. The van der Waals surface area contributed by atoms with Gasteiger partial charge in [-0.05, 0) is 66.3 Å². The molecule has 0 spiro atoms. The third-order valence-electron chi connectivity index (χ3n) is 3.14. The summed E-state index contributed by atoms with van der Waals surface area (Å²) >= 11 is 5.84. The number of hydrogen-bond acceptors (Lipinski definition) is 2. The number of fused-ring (bicyclic) bond motifs is 1. The number of rotatable bonds is 3. The number of benzene rings is 2. The van der Waals surface area contributed by atoms with E-state index in [-0.39, 0.29) is 6.09 Å². The molecule has 5 heteroatoms. The number of ether oxygens (including phenoxy) is 1. The molecule has 0 aromatic heterocycles. The van der Waals surface area contributed by atoms with E-state index in [2.05, 4.69) is 45.1 Å². The fourth-order valence-electron chi connectivity index (χ4n) is 2.20. The van der Waals surface area contributed by atoms with Crippen molar-refractivity contribution in [3.05, 3.63) is 51.0 Å². The van der Waals surface area contributed by atoms with Crippen molar-refractivity contribution < 1.29 is 9.53 Å². The van der Waals surface area contributed by atoms with Crippen LogP contribution in [0.15, 0.2) is 47.5 Å². The predicted molar refractivity (Wildman–Crippen MR) is 108 cm³/mol. The fraction of sp³-hybridized carbons (Fsp3) is 0.278. The Kier molecular flexibility index (Phi) is 5.73. The molecule has 2 aromatic rings. The number of hydrogen-bond donors (Lipinski definition) is 0. The summed E-state index contributed by atoms with van der Waals surface area (Å²) in [4.78, 5) is 14.2. The van der Waals surface area contributed by atoms with E-state index in [0.29, 0.717) is 6.54 Å². The van der Waals surface area contributed by atoms with Gasteiger partial charge in [-0.2, -0.15) is 0 Å². The van der Waals surface area contributed by atoms with Crippen molar-refractivity contribution >= 4 is 61.1 Å². The molecule has 0 fully saturated rings. The summed E-state index contributed by atoms with van der Waals surface area (Å²) in [5.41, 5.74) is 0.285. The van der Waals surface area contributed by atoms with Gasteiger partial charge in [0.15, 0.2) is 0 Å². The smallest absolute Gasteiger partial charge is 0.415 e. The van der Waals surface area contributed by atoms with Crippen LogP contribution < -0.4 is 4.90 Å². The number of anilines is 1. The first-order valence-electron chi connectivity index (χ1n) is 7.22. The molecule has 1 amide bonds. The monoisotopic (exact) mass is 487 g/mol. The number of carbonyl (C=O) groups excluding carboxylic acids is 1. The van der Waals surface area contributed by atoms with Crippen molar-refractivity contribution in [2.75, 3.05) is 11.4 Å². The Morgan fingerprint density at radius 1 is 1.30 bits per heavy atom. The zero-order valence-corrected chi connectivity index (χ0v) is 17.1. The molecule has 0 aliphatic carbocycles. The summed E-state index contributed by atoms with van der Waals surface area (Å²) < 4.78 is 7.57. The minimum absolute atomic E-state index is 0.371.